The van der Waals surface area contributed by atoms with Crippen molar-refractivity contribution < 1.29 is 12.8 Å². The first-order chi connectivity index (χ1) is 11.5. The van der Waals surface area contributed by atoms with Crippen LogP contribution in [0.15, 0.2) is 39.6 Å². The van der Waals surface area contributed by atoms with Crippen molar-refractivity contribution in [2.75, 3.05) is 7.05 Å². The Morgan fingerprint density at radius 1 is 1.29 bits per heavy atom. The smallest absolute Gasteiger partial charge is 0.245 e. The summed E-state index contributed by atoms with van der Waals surface area (Å²) in [5, 5.41) is 0. The Bertz CT molecular complexity index is 993. The second-order valence-corrected chi connectivity index (χ2v) is 8.81. The summed E-state index contributed by atoms with van der Waals surface area (Å²) in [6, 6.07) is 8.82. The number of aromatic nitrogens is 2. The molecule has 8 heteroatoms. The van der Waals surface area contributed by atoms with Crippen LogP contribution in [0.3, 0.4) is 0 Å². The van der Waals surface area contributed by atoms with E-state index in [2.05, 4.69) is 15.7 Å². The Morgan fingerprint density at radius 3 is 2.83 bits per heavy atom. The van der Waals surface area contributed by atoms with Crippen LogP contribution in [-0.4, -0.2) is 28.5 Å². The molecular formula is C16H17N3O3S2. The Kier molecular flexibility index (Phi) is 3.70. The highest BCUT2D eigenvalue weighted by atomic mass is 32.2. The second-order valence-electron chi connectivity index (χ2n) is 6.27. The molecule has 0 spiro atoms. The molecule has 24 heavy (non-hydrogen) atoms. The molecule has 0 N–H and O–H groups in total. The third kappa shape index (κ3) is 2.64. The number of rotatable bonds is 5. The van der Waals surface area contributed by atoms with Crippen molar-refractivity contribution in [2.24, 2.45) is 5.92 Å². The molecule has 0 radical (unpaired) electrons. The largest absolute Gasteiger partial charge is 0.464 e. The number of hydrogen-bond acceptors (Lipinski definition) is 6. The van der Waals surface area contributed by atoms with E-state index < -0.39 is 10.0 Å². The number of fused-ring (bicyclic) bond motifs is 1. The van der Waals surface area contributed by atoms with Crippen molar-refractivity contribution in [1.29, 1.82) is 0 Å². The predicted octanol–water partition coefficient (Wildman–Crippen LogP) is 3.23. The summed E-state index contributed by atoms with van der Waals surface area (Å²) in [6.07, 6.45) is 1.14. The van der Waals surface area contributed by atoms with Gasteiger partial charge >= 0.3 is 0 Å². The molecule has 1 saturated carbocycles. The molecule has 1 aliphatic rings. The van der Waals surface area contributed by atoms with Crippen LogP contribution in [0.5, 0.6) is 0 Å². The van der Waals surface area contributed by atoms with Gasteiger partial charge < -0.3 is 4.42 Å². The van der Waals surface area contributed by atoms with Crippen molar-refractivity contribution >= 4 is 32.8 Å². The van der Waals surface area contributed by atoms with Gasteiger partial charge in [0.2, 0.25) is 10.0 Å². The van der Waals surface area contributed by atoms with Gasteiger partial charge in [0.25, 0.3) is 0 Å². The van der Waals surface area contributed by atoms with E-state index in [1.54, 1.807) is 25.2 Å². The highest BCUT2D eigenvalue weighted by Crippen LogP contribution is 2.47. The molecule has 4 rings (SSSR count). The van der Waals surface area contributed by atoms with E-state index in [-0.39, 0.29) is 11.4 Å². The van der Waals surface area contributed by atoms with E-state index in [0.717, 1.165) is 23.9 Å². The van der Waals surface area contributed by atoms with E-state index in [4.69, 9.17) is 4.42 Å². The minimum Gasteiger partial charge on any atom is -0.464 e. The number of hydrogen-bond donors (Lipinski definition) is 0. The van der Waals surface area contributed by atoms with Crippen molar-refractivity contribution in [2.45, 2.75) is 30.7 Å². The fourth-order valence-corrected chi connectivity index (χ4v) is 4.74. The molecule has 0 saturated heterocycles. The SMILES string of the molecule is C[C@@H]1C[C@H]1c1ccc(CN(C)S(=O)(=O)c2cccc3nsnc23)o1. The molecule has 3 aromatic rings. The summed E-state index contributed by atoms with van der Waals surface area (Å²) in [5.41, 5.74) is 1.01. The maximum atomic E-state index is 12.9. The first kappa shape index (κ1) is 15.7. The number of furan rings is 1. The average Bonchev–Trinajstić information content (AvgIpc) is 2.96. The monoisotopic (exact) mass is 363 g/mol. The minimum atomic E-state index is -3.66. The molecule has 0 unspecified atom stereocenters. The normalized spacial score (nSPS) is 20.8. The molecule has 0 aliphatic heterocycles. The van der Waals surface area contributed by atoms with Crippen LogP contribution in [0.1, 0.15) is 30.8 Å². The Morgan fingerprint density at radius 2 is 2.08 bits per heavy atom. The van der Waals surface area contributed by atoms with Gasteiger partial charge in [-0.3, -0.25) is 0 Å². The number of benzene rings is 1. The molecule has 2 atom stereocenters. The zero-order valence-corrected chi connectivity index (χ0v) is 15.0. The molecule has 0 amide bonds. The second kappa shape index (κ2) is 5.65. The molecule has 1 aromatic carbocycles. The standard InChI is InChI=1S/C16H17N3O3S2/c1-10-8-12(10)14-7-6-11(22-14)9-19(2)24(20,21)15-5-3-4-13-16(15)18-23-17-13/h3-7,10,12H,8-9H2,1-2H3/t10-,12-/m1/s1. The summed E-state index contributed by atoms with van der Waals surface area (Å²) in [7, 11) is -2.11. The van der Waals surface area contributed by atoms with Crippen molar-refractivity contribution in [3.63, 3.8) is 0 Å². The topological polar surface area (TPSA) is 76.3 Å². The zero-order valence-electron chi connectivity index (χ0n) is 13.3. The molecule has 2 aromatic heterocycles. The fraction of sp³-hybridized carbons (Fsp3) is 0.375. The van der Waals surface area contributed by atoms with E-state index in [9.17, 15) is 8.42 Å². The Labute approximate surface area is 144 Å². The lowest BCUT2D eigenvalue weighted by molar-refractivity contribution is 0.390. The lowest BCUT2D eigenvalue weighted by Crippen LogP contribution is -2.26. The molecular weight excluding hydrogens is 346 g/mol. The first-order valence-electron chi connectivity index (χ1n) is 7.73. The summed E-state index contributed by atoms with van der Waals surface area (Å²) >= 11 is 1.01. The van der Waals surface area contributed by atoms with Crippen LogP contribution in [0.2, 0.25) is 0 Å². The Hall–Kier alpha value is -1.77. The van der Waals surface area contributed by atoms with Crippen molar-refractivity contribution in [1.82, 2.24) is 13.1 Å². The zero-order chi connectivity index (χ0) is 16.9. The fourth-order valence-electron chi connectivity index (χ4n) is 2.86. The maximum absolute atomic E-state index is 12.9. The van der Waals surface area contributed by atoms with Crippen LogP contribution in [0.4, 0.5) is 0 Å². The van der Waals surface area contributed by atoms with Crippen molar-refractivity contribution in [3.05, 3.63) is 41.9 Å². The Balaban J connectivity index is 1.60. The summed E-state index contributed by atoms with van der Waals surface area (Å²) in [5.74, 6) is 2.74. The van der Waals surface area contributed by atoms with Gasteiger partial charge in [-0.1, -0.05) is 13.0 Å². The third-order valence-electron chi connectivity index (χ3n) is 4.47. The van der Waals surface area contributed by atoms with E-state index >= 15 is 0 Å². The molecule has 1 fully saturated rings. The van der Waals surface area contributed by atoms with Crippen LogP contribution in [0, 0.1) is 5.92 Å². The molecule has 6 nitrogen and oxygen atoms in total. The van der Waals surface area contributed by atoms with Gasteiger partial charge in [0.05, 0.1) is 18.3 Å². The van der Waals surface area contributed by atoms with Gasteiger partial charge in [-0.15, -0.1) is 0 Å². The van der Waals surface area contributed by atoms with E-state index in [1.165, 1.54) is 4.31 Å². The first-order valence-corrected chi connectivity index (χ1v) is 9.90. The molecule has 0 bridgehead atoms. The summed E-state index contributed by atoms with van der Waals surface area (Å²) in [6.45, 7) is 2.38. The van der Waals surface area contributed by atoms with Gasteiger partial charge in [-0.2, -0.15) is 13.1 Å². The molecule has 126 valence electrons. The van der Waals surface area contributed by atoms with Crippen LogP contribution in [-0.2, 0) is 16.6 Å². The number of sulfonamides is 1. The number of nitrogens with zero attached hydrogens (tertiary/aromatic N) is 3. The maximum Gasteiger partial charge on any atom is 0.245 e. The lowest BCUT2D eigenvalue weighted by Gasteiger charge is -2.16. The average molecular weight is 363 g/mol. The summed E-state index contributed by atoms with van der Waals surface area (Å²) < 4.78 is 41.1. The lowest BCUT2D eigenvalue weighted by atomic mass is 10.3. The van der Waals surface area contributed by atoms with Crippen LogP contribution < -0.4 is 0 Å². The molecule has 1 aliphatic carbocycles. The van der Waals surface area contributed by atoms with Gasteiger partial charge in [0.15, 0.2) is 0 Å². The van der Waals surface area contributed by atoms with Gasteiger partial charge in [-0.25, -0.2) is 8.42 Å². The van der Waals surface area contributed by atoms with Crippen molar-refractivity contribution in [3.8, 4) is 0 Å². The van der Waals surface area contributed by atoms with Gasteiger partial charge in [-0.05, 0) is 36.6 Å². The molecule has 2 heterocycles. The van der Waals surface area contributed by atoms with E-state index in [1.807, 2.05) is 12.1 Å². The van der Waals surface area contributed by atoms with Gasteiger partial charge in [0.1, 0.15) is 27.4 Å². The predicted molar refractivity (Wildman–Crippen MR) is 91.3 cm³/mol. The highest BCUT2D eigenvalue weighted by molar-refractivity contribution is 7.89. The highest BCUT2D eigenvalue weighted by Gasteiger charge is 2.36. The minimum absolute atomic E-state index is 0.179. The quantitative estimate of drug-likeness (QED) is 0.695. The summed E-state index contributed by atoms with van der Waals surface area (Å²) in [4.78, 5) is 0.179. The van der Waals surface area contributed by atoms with Crippen LogP contribution >= 0.6 is 11.7 Å². The van der Waals surface area contributed by atoms with E-state index in [0.29, 0.717) is 28.6 Å². The van der Waals surface area contributed by atoms with Gasteiger partial charge in [0, 0.05) is 13.0 Å². The third-order valence-corrected chi connectivity index (χ3v) is 6.85. The van der Waals surface area contributed by atoms with Crippen LogP contribution in [0.25, 0.3) is 11.0 Å².